The fraction of sp³-hybridized carbons (Fsp3) is 0.385. The molecular formula is C13H14ClFN2O2. The number of hydrogen-bond acceptors (Lipinski definition) is 2. The van der Waals surface area contributed by atoms with Gasteiger partial charge >= 0.3 is 0 Å². The van der Waals surface area contributed by atoms with Gasteiger partial charge in [0.15, 0.2) is 0 Å². The summed E-state index contributed by atoms with van der Waals surface area (Å²) in [6.45, 7) is 0.471. The predicted molar refractivity (Wildman–Crippen MR) is 69.0 cm³/mol. The quantitative estimate of drug-likeness (QED) is 0.914. The number of primary amides is 1. The highest BCUT2D eigenvalue weighted by Gasteiger charge is 2.32. The van der Waals surface area contributed by atoms with E-state index in [-0.39, 0.29) is 22.9 Å². The number of nitrogens with zero attached hydrogens (tertiary/aromatic N) is 1. The van der Waals surface area contributed by atoms with Gasteiger partial charge in [-0.05, 0) is 25.0 Å². The highest BCUT2D eigenvalue weighted by atomic mass is 35.5. The van der Waals surface area contributed by atoms with Crippen molar-refractivity contribution >= 4 is 23.4 Å². The van der Waals surface area contributed by atoms with Gasteiger partial charge in [0.1, 0.15) is 11.9 Å². The first-order valence-electron chi connectivity index (χ1n) is 6.02. The lowest BCUT2D eigenvalue weighted by Gasteiger charge is -2.22. The standard InChI is InChI=1S/C13H14ClFN2O2/c14-9-3-1-4-10(15)8(9)7-12(18)17-6-2-5-11(17)13(16)19/h1,3-4,11H,2,5-7H2,(H2,16,19). The molecule has 1 unspecified atom stereocenters. The molecule has 0 aromatic heterocycles. The van der Waals surface area contributed by atoms with Crippen molar-refractivity contribution in [2.45, 2.75) is 25.3 Å². The number of likely N-dealkylation sites (tertiary alicyclic amines) is 1. The number of halogens is 2. The number of hydrogen-bond donors (Lipinski definition) is 1. The molecule has 0 aliphatic carbocycles. The van der Waals surface area contributed by atoms with E-state index in [1.54, 1.807) is 0 Å². The smallest absolute Gasteiger partial charge is 0.240 e. The van der Waals surface area contributed by atoms with Crippen LogP contribution in [0.4, 0.5) is 4.39 Å². The van der Waals surface area contributed by atoms with E-state index < -0.39 is 17.8 Å². The molecule has 0 saturated carbocycles. The van der Waals surface area contributed by atoms with Crippen molar-refractivity contribution in [2.24, 2.45) is 5.73 Å². The van der Waals surface area contributed by atoms with Crippen molar-refractivity contribution in [2.75, 3.05) is 6.54 Å². The lowest BCUT2D eigenvalue weighted by molar-refractivity contribution is -0.136. The maximum absolute atomic E-state index is 13.6. The van der Waals surface area contributed by atoms with Crippen LogP contribution in [0.5, 0.6) is 0 Å². The normalized spacial score (nSPS) is 18.6. The Morgan fingerprint density at radius 3 is 2.84 bits per heavy atom. The van der Waals surface area contributed by atoms with Gasteiger partial charge in [-0.15, -0.1) is 0 Å². The molecule has 4 nitrogen and oxygen atoms in total. The van der Waals surface area contributed by atoms with Crippen LogP contribution in [0.2, 0.25) is 5.02 Å². The Labute approximate surface area is 115 Å². The number of amides is 2. The molecule has 1 aliphatic heterocycles. The summed E-state index contributed by atoms with van der Waals surface area (Å²) in [5.74, 6) is -1.37. The number of nitrogens with two attached hydrogens (primary N) is 1. The third-order valence-corrected chi connectivity index (χ3v) is 3.65. The second-order valence-corrected chi connectivity index (χ2v) is 4.93. The molecule has 0 spiro atoms. The largest absolute Gasteiger partial charge is 0.368 e. The topological polar surface area (TPSA) is 63.4 Å². The summed E-state index contributed by atoms with van der Waals surface area (Å²) in [6.07, 6.45) is 1.13. The average Bonchev–Trinajstić information content (AvgIpc) is 2.83. The lowest BCUT2D eigenvalue weighted by Crippen LogP contribution is -2.44. The zero-order valence-electron chi connectivity index (χ0n) is 10.2. The van der Waals surface area contributed by atoms with E-state index in [9.17, 15) is 14.0 Å². The molecule has 19 heavy (non-hydrogen) atoms. The summed E-state index contributed by atoms with van der Waals surface area (Å²) in [6, 6.07) is 3.68. The van der Waals surface area contributed by atoms with Gasteiger partial charge in [-0.1, -0.05) is 17.7 Å². The van der Waals surface area contributed by atoms with Gasteiger partial charge in [0, 0.05) is 17.1 Å². The molecule has 1 heterocycles. The molecule has 2 rings (SSSR count). The van der Waals surface area contributed by atoms with Crippen molar-refractivity contribution in [3.05, 3.63) is 34.6 Å². The summed E-state index contributed by atoms with van der Waals surface area (Å²) in [4.78, 5) is 24.8. The summed E-state index contributed by atoms with van der Waals surface area (Å²) in [7, 11) is 0. The molecule has 1 aromatic rings. The Bertz CT molecular complexity index is 501. The van der Waals surface area contributed by atoms with E-state index in [0.29, 0.717) is 13.0 Å². The molecule has 1 saturated heterocycles. The molecular weight excluding hydrogens is 271 g/mol. The van der Waals surface area contributed by atoms with Crippen LogP contribution in [0.25, 0.3) is 0 Å². The lowest BCUT2D eigenvalue weighted by atomic mass is 10.1. The number of rotatable bonds is 3. The van der Waals surface area contributed by atoms with Gasteiger partial charge in [-0.2, -0.15) is 0 Å². The van der Waals surface area contributed by atoms with Crippen LogP contribution >= 0.6 is 11.6 Å². The first-order valence-corrected chi connectivity index (χ1v) is 6.40. The van der Waals surface area contributed by atoms with E-state index in [0.717, 1.165) is 6.42 Å². The van der Waals surface area contributed by atoms with Crippen LogP contribution in [-0.4, -0.2) is 29.3 Å². The van der Waals surface area contributed by atoms with Crippen LogP contribution < -0.4 is 5.73 Å². The Balaban J connectivity index is 2.15. The third kappa shape index (κ3) is 2.87. The highest BCUT2D eigenvalue weighted by molar-refractivity contribution is 6.31. The predicted octanol–water partition coefficient (Wildman–Crippen LogP) is 1.50. The first-order chi connectivity index (χ1) is 9.00. The summed E-state index contributed by atoms with van der Waals surface area (Å²) >= 11 is 5.88. The minimum atomic E-state index is -0.585. The van der Waals surface area contributed by atoms with Gasteiger partial charge in [0.05, 0.1) is 6.42 Å². The molecule has 0 radical (unpaired) electrons. The first kappa shape index (κ1) is 13.8. The van der Waals surface area contributed by atoms with Crippen molar-refractivity contribution in [1.29, 1.82) is 0 Å². The highest BCUT2D eigenvalue weighted by Crippen LogP contribution is 2.23. The second kappa shape index (κ2) is 5.57. The van der Waals surface area contributed by atoms with Crippen molar-refractivity contribution < 1.29 is 14.0 Å². The maximum atomic E-state index is 13.6. The summed E-state index contributed by atoms with van der Waals surface area (Å²) in [5, 5.41) is 0.211. The molecule has 1 aliphatic rings. The summed E-state index contributed by atoms with van der Waals surface area (Å²) < 4.78 is 13.6. The van der Waals surface area contributed by atoms with Gasteiger partial charge in [0.2, 0.25) is 11.8 Å². The van der Waals surface area contributed by atoms with Crippen LogP contribution in [0.3, 0.4) is 0 Å². The SMILES string of the molecule is NC(=O)C1CCCN1C(=O)Cc1c(F)cccc1Cl. The average molecular weight is 285 g/mol. The molecule has 6 heteroatoms. The molecule has 2 N–H and O–H groups in total. The molecule has 1 aromatic carbocycles. The van der Waals surface area contributed by atoms with Crippen molar-refractivity contribution in [1.82, 2.24) is 4.90 Å². The number of carbonyl (C=O) groups excluding carboxylic acids is 2. The second-order valence-electron chi connectivity index (χ2n) is 4.52. The van der Waals surface area contributed by atoms with Crippen LogP contribution in [-0.2, 0) is 16.0 Å². The van der Waals surface area contributed by atoms with Crippen LogP contribution in [0, 0.1) is 5.82 Å². The minimum Gasteiger partial charge on any atom is -0.368 e. The van der Waals surface area contributed by atoms with E-state index in [1.165, 1.54) is 23.1 Å². The molecule has 0 bridgehead atoms. The van der Waals surface area contributed by atoms with Gasteiger partial charge in [-0.25, -0.2) is 4.39 Å². The Kier molecular flexibility index (Phi) is 4.04. The fourth-order valence-corrected chi connectivity index (χ4v) is 2.54. The zero-order valence-corrected chi connectivity index (χ0v) is 11.0. The van der Waals surface area contributed by atoms with E-state index in [1.807, 2.05) is 0 Å². The fourth-order valence-electron chi connectivity index (χ4n) is 2.32. The monoisotopic (exact) mass is 284 g/mol. The Morgan fingerprint density at radius 2 is 2.21 bits per heavy atom. The Hall–Kier alpha value is -1.62. The van der Waals surface area contributed by atoms with E-state index in [2.05, 4.69) is 0 Å². The Morgan fingerprint density at radius 1 is 1.47 bits per heavy atom. The van der Waals surface area contributed by atoms with Crippen LogP contribution in [0.1, 0.15) is 18.4 Å². The third-order valence-electron chi connectivity index (χ3n) is 3.29. The maximum Gasteiger partial charge on any atom is 0.240 e. The molecule has 102 valence electrons. The molecule has 2 amide bonds. The zero-order chi connectivity index (χ0) is 14.0. The van der Waals surface area contributed by atoms with Gasteiger partial charge in [-0.3, -0.25) is 9.59 Å². The number of carbonyl (C=O) groups is 2. The molecule has 1 fully saturated rings. The van der Waals surface area contributed by atoms with Gasteiger partial charge in [0.25, 0.3) is 0 Å². The van der Waals surface area contributed by atoms with Crippen molar-refractivity contribution in [3.63, 3.8) is 0 Å². The summed E-state index contributed by atoms with van der Waals surface area (Å²) in [5.41, 5.74) is 5.40. The van der Waals surface area contributed by atoms with Gasteiger partial charge < -0.3 is 10.6 Å². The van der Waals surface area contributed by atoms with E-state index >= 15 is 0 Å². The number of benzene rings is 1. The van der Waals surface area contributed by atoms with Crippen LogP contribution in [0.15, 0.2) is 18.2 Å². The minimum absolute atomic E-state index is 0.157. The van der Waals surface area contributed by atoms with E-state index in [4.69, 9.17) is 17.3 Å². The van der Waals surface area contributed by atoms with Crippen molar-refractivity contribution in [3.8, 4) is 0 Å². The molecule has 1 atom stereocenters.